The number of fused-ring (bicyclic) bond motifs is 1. The first-order valence-corrected chi connectivity index (χ1v) is 7.85. The van der Waals surface area contributed by atoms with E-state index in [2.05, 4.69) is 32.6 Å². The van der Waals surface area contributed by atoms with Crippen LogP contribution in [0.25, 0.3) is 22.4 Å². The van der Waals surface area contributed by atoms with Crippen molar-refractivity contribution >= 4 is 16.9 Å². The van der Waals surface area contributed by atoms with Crippen LogP contribution in [0.2, 0.25) is 0 Å². The molecule has 2 aromatic heterocycles. The molecule has 0 radical (unpaired) electrons. The molecule has 0 saturated heterocycles. The maximum atomic E-state index is 5.50. The lowest BCUT2D eigenvalue weighted by molar-refractivity contribution is 0.459. The molecule has 0 fully saturated rings. The zero-order valence-electron chi connectivity index (χ0n) is 13.0. The van der Waals surface area contributed by atoms with E-state index in [1.165, 1.54) is 11.9 Å². The average molecular weight is 316 g/mol. The van der Waals surface area contributed by atoms with Gasteiger partial charge in [0.15, 0.2) is 5.82 Å². The van der Waals surface area contributed by atoms with Gasteiger partial charge in [-0.25, -0.2) is 9.97 Å². The van der Waals surface area contributed by atoms with Gasteiger partial charge >= 0.3 is 0 Å². The molecule has 2 aromatic carbocycles. The number of nitrogens with one attached hydrogen (secondary N) is 1. The monoisotopic (exact) mass is 316 g/mol. The van der Waals surface area contributed by atoms with Crippen LogP contribution in [0.15, 0.2) is 71.5 Å². The number of nitrogens with zero attached hydrogens (tertiary/aromatic N) is 3. The molecule has 0 spiro atoms. The molecule has 4 rings (SSSR count). The molecule has 0 saturated carbocycles. The summed E-state index contributed by atoms with van der Waals surface area (Å²) in [5, 5.41) is 7.49. The van der Waals surface area contributed by atoms with Crippen molar-refractivity contribution in [1.29, 1.82) is 0 Å². The van der Waals surface area contributed by atoms with Crippen LogP contribution < -0.4 is 5.32 Å². The minimum absolute atomic E-state index is 0.587. The predicted molar refractivity (Wildman–Crippen MR) is 93.7 cm³/mol. The maximum Gasteiger partial charge on any atom is 0.228 e. The molecule has 0 aliphatic heterocycles. The second-order valence-corrected chi connectivity index (χ2v) is 5.46. The van der Waals surface area contributed by atoms with Crippen molar-refractivity contribution in [2.75, 3.05) is 11.9 Å². The Labute approximate surface area is 139 Å². The van der Waals surface area contributed by atoms with Crippen LogP contribution in [0.4, 0.5) is 5.82 Å². The van der Waals surface area contributed by atoms with E-state index >= 15 is 0 Å². The standard InChI is InChI=1S/C19H16N4O/c1-3-7-14(8-4-1)11-12-20-19-18-17(21-13-22-19)16(23-24-18)15-9-5-2-6-10-15/h1-10,13H,11-12H2,(H,20,21,22). The summed E-state index contributed by atoms with van der Waals surface area (Å²) < 4.78 is 5.50. The number of anilines is 1. The third-order valence-electron chi connectivity index (χ3n) is 3.85. The lowest BCUT2D eigenvalue weighted by Crippen LogP contribution is -2.06. The molecule has 5 nitrogen and oxygen atoms in total. The van der Waals surface area contributed by atoms with Crippen molar-refractivity contribution in [3.8, 4) is 11.3 Å². The largest absolute Gasteiger partial charge is 0.366 e. The number of hydrogen-bond acceptors (Lipinski definition) is 5. The topological polar surface area (TPSA) is 63.8 Å². The first kappa shape index (κ1) is 14.4. The highest BCUT2D eigenvalue weighted by Gasteiger charge is 2.15. The molecule has 5 heteroatoms. The van der Waals surface area contributed by atoms with Gasteiger partial charge in [0.2, 0.25) is 5.58 Å². The van der Waals surface area contributed by atoms with Crippen molar-refractivity contribution in [2.45, 2.75) is 6.42 Å². The molecule has 0 aliphatic carbocycles. The molecule has 118 valence electrons. The Morgan fingerprint density at radius 1 is 0.875 bits per heavy atom. The zero-order valence-corrected chi connectivity index (χ0v) is 13.0. The van der Waals surface area contributed by atoms with Gasteiger partial charge in [0, 0.05) is 12.1 Å². The molecule has 0 unspecified atom stereocenters. The summed E-state index contributed by atoms with van der Waals surface area (Å²) in [6, 6.07) is 20.2. The highest BCUT2D eigenvalue weighted by molar-refractivity contribution is 5.93. The Morgan fingerprint density at radius 2 is 1.62 bits per heavy atom. The minimum Gasteiger partial charge on any atom is -0.366 e. The lowest BCUT2D eigenvalue weighted by atomic mass is 10.1. The van der Waals surface area contributed by atoms with Crippen LogP contribution >= 0.6 is 0 Å². The van der Waals surface area contributed by atoms with Gasteiger partial charge in [0.1, 0.15) is 17.5 Å². The van der Waals surface area contributed by atoms with Gasteiger partial charge in [-0.3, -0.25) is 0 Å². The quantitative estimate of drug-likeness (QED) is 0.604. The summed E-state index contributed by atoms with van der Waals surface area (Å²) in [7, 11) is 0. The molecule has 0 bridgehead atoms. The minimum atomic E-state index is 0.587. The van der Waals surface area contributed by atoms with Crippen LogP contribution in [-0.2, 0) is 6.42 Å². The van der Waals surface area contributed by atoms with Gasteiger partial charge in [-0.2, -0.15) is 0 Å². The van der Waals surface area contributed by atoms with Crippen LogP contribution in [-0.4, -0.2) is 21.7 Å². The second-order valence-electron chi connectivity index (χ2n) is 5.46. The van der Waals surface area contributed by atoms with Gasteiger partial charge in [-0.15, -0.1) is 0 Å². The van der Waals surface area contributed by atoms with Gasteiger partial charge in [-0.05, 0) is 12.0 Å². The van der Waals surface area contributed by atoms with E-state index in [9.17, 15) is 0 Å². The summed E-state index contributed by atoms with van der Waals surface area (Å²) in [5.74, 6) is 0.672. The highest BCUT2D eigenvalue weighted by Crippen LogP contribution is 2.29. The van der Waals surface area contributed by atoms with Gasteiger partial charge in [0.25, 0.3) is 0 Å². The van der Waals surface area contributed by atoms with E-state index in [1.807, 2.05) is 48.5 Å². The fourth-order valence-corrected chi connectivity index (χ4v) is 2.64. The zero-order chi connectivity index (χ0) is 16.2. The van der Waals surface area contributed by atoms with Gasteiger partial charge in [-0.1, -0.05) is 65.8 Å². The predicted octanol–water partition coefficient (Wildman–Crippen LogP) is 3.94. The first-order chi connectivity index (χ1) is 11.9. The Balaban J connectivity index is 1.57. The van der Waals surface area contributed by atoms with Crippen molar-refractivity contribution in [3.63, 3.8) is 0 Å². The third-order valence-corrected chi connectivity index (χ3v) is 3.85. The molecule has 4 aromatic rings. The molecule has 0 atom stereocenters. The molecule has 24 heavy (non-hydrogen) atoms. The Morgan fingerprint density at radius 3 is 2.42 bits per heavy atom. The number of rotatable bonds is 5. The van der Waals surface area contributed by atoms with Crippen molar-refractivity contribution in [2.24, 2.45) is 0 Å². The summed E-state index contributed by atoms with van der Waals surface area (Å²) in [4.78, 5) is 8.63. The van der Waals surface area contributed by atoms with Crippen LogP contribution in [0.3, 0.4) is 0 Å². The second kappa shape index (κ2) is 6.50. The van der Waals surface area contributed by atoms with E-state index in [4.69, 9.17) is 4.52 Å². The summed E-state index contributed by atoms with van der Waals surface area (Å²) in [6.45, 7) is 0.761. The molecule has 0 amide bonds. The van der Waals surface area contributed by atoms with E-state index in [-0.39, 0.29) is 0 Å². The van der Waals surface area contributed by atoms with Crippen LogP contribution in [0.1, 0.15) is 5.56 Å². The van der Waals surface area contributed by atoms with Gasteiger partial charge in [0.05, 0.1) is 0 Å². The SMILES string of the molecule is c1ccc(CCNc2ncnc3c(-c4ccccc4)noc23)cc1. The first-order valence-electron chi connectivity index (χ1n) is 7.85. The van der Waals surface area contributed by atoms with Crippen molar-refractivity contribution in [3.05, 3.63) is 72.6 Å². The van der Waals surface area contributed by atoms with Gasteiger partial charge < -0.3 is 9.84 Å². The van der Waals surface area contributed by atoms with Crippen molar-refractivity contribution < 1.29 is 4.52 Å². The fraction of sp³-hybridized carbons (Fsp3) is 0.105. The lowest BCUT2D eigenvalue weighted by Gasteiger charge is -2.05. The molecule has 2 heterocycles. The van der Waals surface area contributed by atoms with Crippen LogP contribution in [0.5, 0.6) is 0 Å². The Hall–Kier alpha value is -3.21. The highest BCUT2D eigenvalue weighted by atomic mass is 16.5. The maximum absolute atomic E-state index is 5.50. The number of benzene rings is 2. The van der Waals surface area contributed by atoms with E-state index in [1.54, 1.807) is 0 Å². The van der Waals surface area contributed by atoms with E-state index in [0.717, 1.165) is 29.7 Å². The number of hydrogen-bond donors (Lipinski definition) is 1. The Kier molecular flexibility index (Phi) is 3.90. The Bertz CT molecular complexity index is 935. The summed E-state index contributed by atoms with van der Waals surface area (Å²) in [6.07, 6.45) is 2.45. The molecular formula is C19H16N4O. The normalized spacial score (nSPS) is 10.8. The molecule has 1 N–H and O–H groups in total. The van der Waals surface area contributed by atoms with E-state index in [0.29, 0.717) is 11.4 Å². The van der Waals surface area contributed by atoms with Crippen LogP contribution in [0, 0.1) is 0 Å². The summed E-state index contributed by atoms with van der Waals surface area (Å²) in [5.41, 5.74) is 4.30. The average Bonchev–Trinajstić information content (AvgIpc) is 3.08. The van der Waals surface area contributed by atoms with E-state index < -0.39 is 0 Å². The number of aromatic nitrogens is 3. The third kappa shape index (κ3) is 2.84. The summed E-state index contributed by atoms with van der Waals surface area (Å²) >= 11 is 0. The fourth-order valence-electron chi connectivity index (χ4n) is 2.64. The molecule has 0 aliphatic rings. The smallest absolute Gasteiger partial charge is 0.228 e. The molecular weight excluding hydrogens is 300 g/mol. The van der Waals surface area contributed by atoms with Crippen molar-refractivity contribution in [1.82, 2.24) is 15.1 Å².